The zero-order chi connectivity index (χ0) is 16.1. The zero-order valence-electron chi connectivity index (χ0n) is 11.9. The van der Waals surface area contributed by atoms with Crippen molar-refractivity contribution in [1.82, 2.24) is 0 Å². The van der Waals surface area contributed by atoms with E-state index in [2.05, 4.69) is 5.32 Å². The van der Waals surface area contributed by atoms with E-state index >= 15 is 0 Å². The smallest absolute Gasteiger partial charge is 0.265 e. The monoisotopic (exact) mass is 318 g/mol. The summed E-state index contributed by atoms with van der Waals surface area (Å²) in [5, 5.41) is 3.29. The highest BCUT2D eigenvalue weighted by Crippen LogP contribution is 2.17. The lowest BCUT2D eigenvalue weighted by molar-refractivity contribution is -0.122. The molecule has 2 aromatic carbocycles. The van der Waals surface area contributed by atoms with Crippen LogP contribution in [0.4, 0.5) is 5.69 Å². The molecule has 6 heteroatoms. The van der Waals surface area contributed by atoms with Crippen molar-refractivity contribution >= 4 is 29.1 Å². The molecule has 0 aliphatic carbocycles. The van der Waals surface area contributed by atoms with Gasteiger partial charge in [0.1, 0.15) is 5.75 Å². The van der Waals surface area contributed by atoms with Gasteiger partial charge in [-0.2, -0.15) is 0 Å². The molecule has 0 fully saturated rings. The van der Waals surface area contributed by atoms with E-state index in [1.54, 1.807) is 55.5 Å². The van der Waals surface area contributed by atoms with Crippen molar-refractivity contribution in [3.05, 3.63) is 59.1 Å². The molecule has 0 heterocycles. The van der Waals surface area contributed by atoms with Gasteiger partial charge in [0.25, 0.3) is 5.91 Å². The van der Waals surface area contributed by atoms with Gasteiger partial charge in [-0.05, 0) is 55.5 Å². The Balaban J connectivity index is 1.95. The van der Waals surface area contributed by atoms with Gasteiger partial charge in [-0.25, -0.2) is 0 Å². The van der Waals surface area contributed by atoms with Crippen molar-refractivity contribution < 1.29 is 14.3 Å². The molecular weight excluding hydrogens is 304 g/mol. The number of anilines is 1. The average Bonchev–Trinajstić information content (AvgIpc) is 2.50. The van der Waals surface area contributed by atoms with Crippen LogP contribution >= 0.6 is 11.6 Å². The second-order valence-electron chi connectivity index (χ2n) is 4.64. The number of halogens is 1. The van der Waals surface area contributed by atoms with Crippen LogP contribution in [-0.4, -0.2) is 17.9 Å². The van der Waals surface area contributed by atoms with Crippen LogP contribution in [0.1, 0.15) is 17.3 Å². The molecule has 0 bridgehead atoms. The van der Waals surface area contributed by atoms with E-state index < -0.39 is 12.0 Å². The van der Waals surface area contributed by atoms with Crippen molar-refractivity contribution in [3.8, 4) is 5.75 Å². The Bertz CT molecular complexity index is 669. The lowest BCUT2D eigenvalue weighted by atomic mass is 10.2. The van der Waals surface area contributed by atoms with Crippen LogP contribution in [0, 0.1) is 0 Å². The number of primary amides is 1. The molecule has 2 aromatic rings. The SMILES string of the molecule is C[C@H](Oc1ccc(Cl)cc1)C(=O)Nc1ccc(C(N)=O)cc1. The topological polar surface area (TPSA) is 81.4 Å². The molecule has 5 nitrogen and oxygen atoms in total. The molecule has 0 aliphatic heterocycles. The summed E-state index contributed by atoms with van der Waals surface area (Å²) in [6, 6.07) is 13.0. The predicted octanol–water partition coefficient (Wildman–Crippen LogP) is 2.84. The van der Waals surface area contributed by atoms with E-state index in [0.29, 0.717) is 22.0 Å². The summed E-state index contributed by atoms with van der Waals surface area (Å²) in [4.78, 5) is 23.0. The number of benzene rings is 2. The van der Waals surface area contributed by atoms with Gasteiger partial charge in [0.05, 0.1) is 0 Å². The first-order valence-corrected chi connectivity index (χ1v) is 6.96. The lowest BCUT2D eigenvalue weighted by Gasteiger charge is -2.15. The molecule has 0 aliphatic rings. The number of carbonyl (C=O) groups is 2. The average molecular weight is 319 g/mol. The Labute approximate surface area is 133 Å². The Morgan fingerprint density at radius 2 is 1.68 bits per heavy atom. The highest BCUT2D eigenvalue weighted by molar-refractivity contribution is 6.30. The first kappa shape index (κ1) is 15.9. The summed E-state index contributed by atoms with van der Waals surface area (Å²) in [5.41, 5.74) is 6.09. The van der Waals surface area contributed by atoms with Crippen molar-refractivity contribution in [2.75, 3.05) is 5.32 Å². The zero-order valence-corrected chi connectivity index (χ0v) is 12.6. The van der Waals surface area contributed by atoms with Crippen molar-refractivity contribution in [2.24, 2.45) is 5.73 Å². The van der Waals surface area contributed by atoms with Gasteiger partial charge in [-0.15, -0.1) is 0 Å². The number of amides is 2. The molecule has 3 N–H and O–H groups in total. The fourth-order valence-corrected chi connectivity index (χ4v) is 1.86. The molecule has 22 heavy (non-hydrogen) atoms. The second-order valence-corrected chi connectivity index (χ2v) is 5.08. The number of carbonyl (C=O) groups excluding carboxylic acids is 2. The third kappa shape index (κ3) is 4.23. The van der Waals surface area contributed by atoms with Crippen LogP contribution in [0.3, 0.4) is 0 Å². The Kier molecular flexibility index (Phi) is 5.01. The number of nitrogens with one attached hydrogen (secondary N) is 1. The van der Waals surface area contributed by atoms with E-state index in [0.717, 1.165) is 0 Å². The molecule has 0 aromatic heterocycles. The predicted molar refractivity (Wildman–Crippen MR) is 85.1 cm³/mol. The summed E-state index contributed by atoms with van der Waals surface area (Å²) < 4.78 is 5.52. The van der Waals surface area contributed by atoms with Crippen LogP contribution < -0.4 is 15.8 Å². The van der Waals surface area contributed by atoms with E-state index in [9.17, 15) is 9.59 Å². The molecule has 0 unspecified atom stereocenters. The van der Waals surface area contributed by atoms with E-state index in [-0.39, 0.29) is 5.91 Å². The Morgan fingerprint density at radius 1 is 1.09 bits per heavy atom. The summed E-state index contributed by atoms with van der Waals surface area (Å²) >= 11 is 5.79. The van der Waals surface area contributed by atoms with Gasteiger partial charge in [0.15, 0.2) is 6.10 Å². The standard InChI is InChI=1S/C16H15ClN2O3/c1-10(22-14-8-4-12(17)5-9-14)16(21)19-13-6-2-11(3-7-13)15(18)20/h2-10H,1H3,(H2,18,20)(H,19,21)/t10-/m0/s1. The quantitative estimate of drug-likeness (QED) is 0.889. The van der Waals surface area contributed by atoms with Gasteiger partial charge in [0, 0.05) is 16.3 Å². The van der Waals surface area contributed by atoms with Crippen molar-refractivity contribution in [2.45, 2.75) is 13.0 Å². The molecule has 114 valence electrons. The Hall–Kier alpha value is -2.53. The van der Waals surface area contributed by atoms with Crippen LogP contribution in [-0.2, 0) is 4.79 Å². The normalized spacial score (nSPS) is 11.5. The summed E-state index contributed by atoms with van der Waals surface area (Å²) in [6.45, 7) is 1.64. The second kappa shape index (κ2) is 6.95. The minimum Gasteiger partial charge on any atom is -0.481 e. The third-order valence-electron chi connectivity index (χ3n) is 2.93. The van der Waals surface area contributed by atoms with Crippen LogP contribution in [0.25, 0.3) is 0 Å². The highest BCUT2D eigenvalue weighted by atomic mass is 35.5. The van der Waals surface area contributed by atoms with Crippen LogP contribution in [0.5, 0.6) is 5.75 Å². The maximum Gasteiger partial charge on any atom is 0.265 e. The van der Waals surface area contributed by atoms with Gasteiger partial charge >= 0.3 is 0 Å². The molecule has 2 amide bonds. The van der Waals surface area contributed by atoms with Gasteiger partial charge in [-0.1, -0.05) is 11.6 Å². The van der Waals surface area contributed by atoms with E-state index in [1.165, 1.54) is 0 Å². The first-order chi connectivity index (χ1) is 10.5. The van der Waals surface area contributed by atoms with Gasteiger partial charge < -0.3 is 15.8 Å². The molecule has 0 spiro atoms. The Morgan fingerprint density at radius 3 is 2.23 bits per heavy atom. The van der Waals surface area contributed by atoms with Gasteiger partial charge in [0.2, 0.25) is 5.91 Å². The molecule has 2 rings (SSSR count). The number of nitrogens with two attached hydrogens (primary N) is 1. The van der Waals surface area contributed by atoms with Crippen LogP contribution in [0.2, 0.25) is 5.02 Å². The van der Waals surface area contributed by atoms with E-state index in [4.69, 9.17) is 22.1 Å². The van der Waals surface area contributed by atoms with Gasteiger partial charge in [-0.3, -0.25) is 9.59 Å². The summed E-state index contributed by atoms with van der Waals surface area (Å²) in [7, 11) is 0. The van der Waals surface area contributed by atoms with Crippen LogP contribution in [0.15, 0.2) is 48.5 Å². The number of rotatable bonds is 5. The van der Waals surface area contributed by atoms with Crippen molar-refractivity contribution in [1.29, 1.82) is 0 Å². The first-order valence-electron chi connectivity index (χ1n) is 6.58. The summed E-state index contributed by atoms with van der Waals surface area (Å²) in [6.07, 6.45) is -0.683. The lowest BCUT2D eigenvalue weighted by Crippen LogP contribution is -2.30. The number of hydrogen-bond acceptors (Lipinski definition) is 3. The number of hydrogen-bond donors (Lipinski definition) is 2. The maximum absolute atomic E-state index is 12.0. The minimum atomic E-state index is -0.683. The molecule has 0 saturated heterocycles. The molecule has 0 saturated carbocycles. The van der Waals surface area contributed by atoms with E-state index in [1.807, 2.05) is 0 Å². The minimum absolute atomic E-state index is 0.304. The largest absolute Gasteiger partial charge is 0.481 e. The fraction of sp³-hybridized carbons (Fsp3) is 0.125. The highest BCUT2D eigenvalue weighted by Gasteiger charge is 2.15. The maximum atomic E-state index is 12.0. The number of ether oxygens (including phenoxy) is 1. The summed E-state index contributed by atoms with van der Waals surface area (Å²) in [5.74, 6) is -0.268. The molecular formula is C16H15ClN2O3. The van der Waals surface area contributed by atoms with Crippen molar-refractivity contribution in [3.63, 3.8) is 0 Å². The third-order valence-corrected chi connectivity index (χ3v) is 3.18. The fourth-order valence-electron chi connectivity index (χ4n) is 1.73. The molecule has 0 radical (unpaired) electrons. The molecule has 1 atom stereocenters.